The molecule has 1 heterocycles. The highest BCUT2D eigenvalue weighted by molar-refractivity contribution is 7.09. The first-order valence-corrected chi connectivity index (χ1v) is 7.52. The van der Waals surface area contributed by atoms with Gasteiger partial charge in [0, 0.05) is 10.9 Å². The van der Waals surface area contributed by atoms with Crippen molar-refractivity contribution in [1.82, 2.24) is 5.32 Å². The summed E-state index contributed by atoms with van der Waals surface area (Å²) in [7, 11) is 0. The third kappa shape index (κ3) is 4.26. The van der Waals surface area contributed by atoms with E-state index in [1.54, 1.807) is 4.88 Å². The predicted molar refractivity (Wildman–Crippen MR) is 72.1 cm³/mol. The summed E-state index contributed by atoms with van der Waals surface area (Å²) in [6.45, 7) is 3.34. The second-order valence-corrected chi connectivity index (χ2v) is 5.94. The van der Waals surface area contributed by atoms with Crippen LogP contribution in [-0.4, -0.2) is 12.6 Å². The summed E-state index contributed by atoms with van der Waals surface area (Å²) in [6, 6.07) is 5.19. The molecule has 0 aliphatic heterocycles. The van der Waals surface area contributed by atoms with E-state index in [1.165, 1.54) is 38.5 Å². The summed E-state index contributed by atoms with van der Waals surface area (Å²) in [5.74, 6) is 1.05. The Morgan fingerprint density at radius 1 is 1.50 bits per heavy atom. The lowest BCUT2D eigenvalue weighted by molar-refractivity contribution is 0.432. The minimum absolute atomic E-state index is 0.775. The van der Waals surface area contributed by atoms with Gasteiger partial charge in [0.05, 0.1) is 0 Å². The van der Waals surface area contributed by atoms with E-state index in [9.17, 15) is 0 Å². The second kappa shape index (κ2) is 6.41. The average Bonchev–Trinajstić information content (AvgIpc) is 2.93. The Bertz CT molecular complexity index is 277. The molecule has 1 saturated carbocycles. The summed E-state index contributed by atoms with van der Waals surface area (Å²) < 4.78 is 0. The van der Waals surface area contributed by atoms with Gasteiger partial charge in [0.25, 0.3) is 0 Å². The Morgan fingerprint density at radius 3 is 3.00 bits per heavy atom. The van der Waals surface area contributed by atoms with E-state index in [0.717, 1.165) is 18.5 Å². The van der Waals surface area contributed by atoms with Crippen molar-refractivity contribution in [2.45, 2.75) is 51.5 Å². The lowest BCUT2D eigenvalue weighted by atomic mass is 10.0. The molecule has 1 N–H and O–H groups in total. The fourth-order valence-electron chi connectivity index (χ4n) is 2.33. The molecule has 0 bridgehead atoms. The van der Waals surface area contributed by atoms with Gasteiger partial charge >= 0.3 is 0 Å². The van der Waals surface area contributed by atoms with Crippen LogP contribution in [0, 0.1) is 5.92 Å². The maximum absolute atomic E-state index is 3.64. The Hall–Kier alpha value is -0.340. The molecule has 1 nitrogen and oxygen atoms in total. The fraction of sp³-hybridized carbons (Fsp3) is 0.714. The number of thiophene rings is 1. The van der Waals surface area contributed by atoms with Crippen molar-refractivity contribution in [2.75, 3.05) is 6.54 Å². The van der Waals surface area contributed by atoms with E-state index < -0.39 is 0 Å². The number of rotatable bonds is 8. The molecule has 0 spiro atoms. The van der Waals surface area contributed by atoms with Crippen LogP contribution in [0.3, 0.4) is 0 Å². The van der Waals surface area contributed by atoms with Crippen LogP contribution in [0.4, 0.5) is 0 Å². The molecule has 0 amide bonds. The standard InChI is InChI=1S/C14H23NS/c1-2-15-13(11-12-8-9-12)5-3-6-14-7-4-10-16-14/h4,7,10,12-13,15H,2-3,5-6,8-9,11H2,1H3. The van der Waals surface area contributed by atoms with E-state index in [0.29, 0.717) is 0 Å². The zero-order chi connectivity index (χ0) is 11.2. The first-order chi connectivity index (χ1) is 7.88. The zero-order valence-corrected chi connectivity index (χ0v) is 11.1. The lowest BCUT2D eigenvalue weighted by Gasteiger charge is -2.17. The fourth-order valence-corrected chi connectivity index (χ4v) is 3.08. The average molecular weight is 237 g/mol. The number of aryl methyl sites for hydroxylation is 1. The first kappa shape index (κ1) is 12.1. The van der Waals surface area contributed by atoms with Crippen molar-refractivity contribution in [3.05, 3.63) is 22.4 Å². The minimum atomic E-state index is 0.775. The Kier molecular flexibility index (Phi) is 4.86. The van der Waals surface area contributed by atoms with Gasteiger partial charge in [-0.2, -0.15) is 0 Å². The molecule has 90 valence electrons. The van der Waals surface area contributed by atoms with Crippen LogP contribution in [0.2, 0.25) is 0 Å². The molecule has 0 radical (unpaired) electrons. The smallest absolute Gasteiger partial charge is 0.00697 e. The number of hydrogen-bond acceptors (Lipinski definition) is 2. The summed E-state index contributed by atoms with van der Waals surface area (Å²) in [6.07, 6.45) is 8.33. The summed E-state index contributed by atoms with van der Waals surface area (Å²) in [4.78, 5) is 1.54. The van der Waals surface area contributed by atoms with E-state index in [-0.39, 0.29) is 0 Å². The topological polar surface area (TPSA) is 12.0 Å². The molecule has 1 atom stereocenters. The van der Waals surface area contributed by atoms with Gasteiger partial charge in [-0.1, -0.05) is 25.8 Å². The molecule has 0 aromatic carbocycles. The number of hydrogen-bond donors (Lipinski definition) is 1. The van der Waals surface area contributed by atoms with Gasteiger partial charge in [0.1, 0.15) is 0 Å². The van der Waals surface area contributed by atoms with Crippen LogP contribution in [0.25, 0.3) is 0 Å². The highest BCUT2D eigenvalue weighted by Crippen LogP contribution is 2.34. The Labute approximate surface area is 103 Å². The molecular weight excluding hydrogens is 214 g/mol. The highest BCUT2D eigenvalue weighted by Gasteiger charge is 2.24. The van der Waals surface area contributed by atoms with Crippen LogP contribution in [0.1, 0.15) is 43.9 Å². The van der Waals surface area contributed by atoms with Crippen molar-refractivity contribution in [3.8, 4) is 0 Å². The van der Waals surface area contributed by atoms with Crippen LogP contribution < -0.4 is 5.32 Å². The van der Waals surface area contributed by atoms with Crippen LogP contribution in [-0.2, 0) is 6.42 Å². The summed E-state index contributed by atoms with van der Waals surface area (Å²) in [5.41, 5.74) is 0. The quantitative estimate of drug-likeness (QED) is 0.724. The normalized spacial score (nSPS) is 17.6. The lowest BCUT2D eigenvalue weighted by Crippen LogP contribution is -2.29. The van der Waals surface area contributed by atoms with Crippen molar-refractivity contribution in [1.29, 1.82) is 0 Å². The summed E-state index contributed by atoms with van der Waals surface area (Å²) in [5, 5.41) is 5.82. The molecule has 16 heavy (non-hydrogen) atoms. The van der Waals surface area contributed by atoms with Gasteiger partial charge in [-0.15, -0.1) is 11.3 Å². The van der Waals surface area contributed by atoms with Gasteiger partial charge in [0.15, 0.2) is 0 Å². The third-order valence-corrected chi connectivity index (χ3v) is 4.30. The summed E-state index contributed by atoms with van der Waals surface area (Å²) >= 11 is 1.89. The molecule has 2 heteroatoms. The first-order valence-electron chi connectivity index (χ1n) is 6.64. The largest absolute Gasteiger partial charge is 0.314 e. The van der Waals surface area contributed by atoms with Crippen molar-refractivity contribution in [3.63, 3.8) is 0 Å². The SMILES string of the molecule is CCNC(CCCc1cccs1)CC1CC1. The van der Waals surface area contributed by atoms with Crippen molar-refractivity contribution >= 4 is 11.3 Å². The Balaban J connectivity index is 1.64. The van der Waals surface area contributed by atoms with Crippen LogP contribution in [0.15, 0.2) is 17.5 Å². The van der Waals surface area contributed by atoms with Gasteiger partial charge in [-0.05, 0) is 49.6 Å². The maximum Gasteiger partial charge on any atom is 0.00697 e. The van der Waals surface area contributed by atoms with Crippen molar-refractivity contribution in [2.24, 2.45) is 5.92 Å². The van der Waals surface area contributed by atoms with E-state index >= 15 is 0 Å². The van der Waals surface area contributed by atoms with Gasteiger partial charge in [0.2, 0.25) is 0 Å². The minimum Gasteiger partial charge on any atom is -0.314 e. The van der Waals surface area contributed by atoms with E-state index in [1.807, 2.05) is 11.3 Å². The van der Waals surface area contributed by atoms with E-state index in [4.69, 9.17) is 0 Å². The molecule has 1 aromatic rings. The monoisotopic (exact) mass is 237 g/mol. The predicted octanol–water partition coefficient (Wildman–Crippen LogP) is 3.85. The Morgan fingerprint density at radius 2 is 2.38 bits per heavy atom. The highest BCUT2D eigenvalue weighted by atomic mass is 32.1. The van der Waals surface area contributed by atoms with Crippen LogP contribution in [0.5, 0.6) is 0 Å². The molecule has 0 saturated heterocycles. The van der Waals surface area contributed by atoms with Gasteiger partial charge < -0.3 is 5.32 Å². The van der Waals surface area contributed by atoms with Gasteiger partial charge in [-0.25, -0.2) is 0 Å². The molecule has 1 unspecified atom stereocenters. The molecule has 1 fully saturated rings. The number of nitrogens with one attached hydrogen (secondary N) is 1. The second-order valence-electron chi connectivity index (χ2n) is 4.91. The van der Waals surface area contributed by atoms with Crippen LogP contribution >= 0.6 is 11.3 Å². The van der Waals surface area contributed by atoms with E-state index in [2.05, 4.69) is 29.8 Å². The zero-order valence-electron chi connectivity index (χ0n) is 10.2. The molecule has 1 aromatic heterocycles. The molecule has 1 aliphatic carbocycles. The van der Waals surface area contributed by atoms with Gasteiger partial charge in [-0.3, -0.25) is 0 Å². The third-order valence-electron chi connectivity index (χ3n) is 3.36. The molecular formula is C14H23NS. The molecule has 1 aliphatic rings. The maximum atomic E-state index is 3.64. The molecule has 2 rings (SSSR count). The van der Waals surface area contributed by atoms with Crippen molar-refractivity contribution < 1.29 is 0 Å².